The predicted octanol–water partition coefficient (Wildman–Crippen LogP) is 2.36. The lowest BCUT2D eigenvalue weighted by Crippen LogP contribution is -2.32. The van der Waals surface area contributed by atoms with Crippen LogP contribution in [0.3, 0.4) is 0 Å². The molecule has 0 aliphatic carbocycles. The molecule has 1 atom stereocenters. The quantitative estimate of drug-likeness (QED) is 0.802. The summed E-state index contributed by atoms with van der Waals surface area (Å²) in [6.07, 6.45) is 10.0. The van der Waals surface area contributed by atoms with E-state index in [2.05, 4.69) is 34.5 Å². The number of pyridine rings is 1. The van der Waals surface area contributed by atoms with Crippen molar-refractivity contribution in [3.63, 3.8) is 0 Å². The first-order valence-corrected chi connectivity index (χ1v) is 7.38. The third-order valence-corrected chi connectivity index (χ3v) is 3.56. The highest BCUT2D eigenvalue weighted by Gasteiger charge is 2.10. The third kappa shape index (κ3) is 4.46. The van der Waals surface area contributed by atoms with E-state index in [1.165, 1.54) is 11.3 Å². The van der Waals surface area contributed by atoms with Crippen molar-refractivity contribution in [1.29, 1.82) is 0 Å². The highest BCUT2D eigenvalue weighted by atomic mass is 15.2. The fourth-order valence-corrected chi connectivity index (χ4v) is 2.40. The van der Waals surface area contributed by atoms with Crippen molar-refractivity contribution in [3.05, 3.63) is 48.0 Å². The number of aryl methyl sites for hydroxylation is 2. The summed E-state index contributed by atoms with van der Waals surface area (Å²) in [6.45, 7) is 3.27. The van der Waals surface area contributed by atoms with Gasteiger partial charge in [0.25, 0.3) is 0 Å². The molecule has 0 aromatic carbocycles. The minimum Gasteiger partial charge on any atom is -0.314 e. The van der Waals surface area contributed by atoms with Crippen LogP contribution in [0.4, 0.5) is 0 Å². The second-order valence-corrected chi connectivity index (χ2v) is 5.20. The van der Waals surface area contributed by atoms with Crippen LogP contribution in [0.5, 0.6) is 0 Å². The Bertz CT molecular complexity index is 492. The van der Waals surface area contributed by atoms with E-state index in [0.717, 1.165) is 32.2 Å². The van der Waals surface area contributed by atoms with E-state index < -0.39 is 0 Å². The normalized spacial score (nSPS) is 12.5. The fraction of sp³-hybridized carbons (Fsp3) is 0.500. The Hall–Kier alpha value is -1.68. The van der Waals surface area contributed by atoms with Crippen molar-refractivity contribution in [3.8, 4) is 0 Å². The van der Waals surface area contributed by atoms with Gasteiger partial charge in [0, 0.05) is 37.4 Å². The molecule has 0 aliphatic rings. The lowest BCUT2D eigenvalue weighted by Gasteiger charge is -2.18. The van der Waals surface area contributed by atoms with Gasteiger partial charge in [-0.05, 0) is 49.9 Å². The molecule has 4 nitrogen and oxygen atoms in total. The van der Waals surface area contributed by atoms with Gasteiger partial charge in [-0.1, -0.05) is 13.0 Å². The molecule has 0 saturated heterocycles. The van der Waals surface area contributed by atoms with Crippen LogP contribution in [0, 0.1) is 0 Å². The van der Waals surface area contributed by atoms with E-state index in [4.69, 9.17) is 0 Å². The number of nitrogens with zero attached hydrogens (tertiary/aromatic N) is 3. The monoisotopic (exact) mass is 272 g/mol. The molecule has 2 aromatic heterocycles. The summed E-state index contributed by atoms with van der Waals surface area (Å²) in [4.78, 5) is 4.20. The van der Waals surface area contributed by atoms with Crippen molar-refractivity contribution in [2.24, 2.45) is 7.05 Å². The van der Waals surface area contributed by atoms with Crippen molar-refractivity contribution < 1.29 is 0 Å². The van der Waals surface area contributed by atoms with Crippen LogP contribution < -0.4 is 5.32 Å². The molecule has 20 heavy (non-hydrogen) atoms. The summed E-state index contributed by atoms with van der Waals surface area (Å²) in [5.41, 5.74) is 2.59. The Morgan fingerprint density at radius 2 is 2.20 bits per heavy atom. The van der Waals surface area contributed by atoms with Crippen LogP contribution in [0.2, 0.25) is 0 Å². The lowest BCUT2D eigenvalue weighted by molar-refractivity contribution is 0.471. The largest absolute Gasteiger partial charge is 0.314 e. The first-order valence-electron chi connectivity index (χ1n) is 7.38. The van der Waals surface area contributed by atoms with Crippen molar-refractivity contribution >= 4 is 0 Å². The summed E-state index contributed by atoms with van der Waals surface area (Å²) >= 11 is 0. The van der Waals surface area contributed by atoms with Crippen molar-refractivity contribution in [2.45, 2.75) is 38.6 Å². The molecule has 1 unspecified atom stereocenters. The van der Waals surface area contributed by atoms with E-state index in [1.807, 2.05) is 36.4 Å². The van der Waals surface area contributed by atoms with E-state index in [0.29, 0.717) is 6.04 Å². The Kier molecular flexibility index (Phi) is 5.74. The molecule has 0 bridgehead atoms. The fourth-order valence-electron chi connectivity index (χ4n) is 2.40. The summed E-state index contributed by atoms with van der Waals surface area (Å²) in [5, 5.41) is 7.87. The zero-order valence-electron chi connectivity index (χ0n) is 12.4. The molecular formula is C16H24N4. The Morgan fingerprint density at radius 3 is 2.85 bits per heavy atom. The number of hydrogen-bond donors (Lipinski definition) is 1. The summed E-state index contributed by atoms with van der Waals surface area (Å²) < 4.78 is 1.96. The van der Waals surface area contributed by atoms with Gasteiger partial charge in [0.1, 0.15) is 0 Å². The second-order valence-electron chi connectivity index (χ2n) is 5.20. The Morgan fingerprint density at radius 1 is 1.30 bits per heavy atom. The maximum atomic E-state index is 4.23. The van der Waals surface area contributed by atoms with Gasteiger partial charge in [0.05, 0.1) is 0 Å². The number of hydrogen-bond acceptors (Lipinski definition) is 3. The molecule has 2 heterocycles. The zero-order valence-corrected chi connectivity index (χ0v) is 12.4. The van der Waals surface area contributed by atoms with E-state index in [9.17, 15) is 0 Å². The molecule has 0 aliphatic heterocycles. The molecule has 0 spiro atoms. The smallest absolute Gasteiger partial charge is 0.0492 e. The Labute approximate surface area is 121 Å². The number of aromatic nitrogens is 3. The van der Waals surface area contributed by atoms with E-state index in [1.54, 1.807) is 0 Å². The maximum absolute atomic E-state index is 4.23. The zero-order chi connectivity index (χ0) is 14.2. The molecule has 0 fully saturated rings. The number of rotatable bonds is 8. The van der Waals surface area contributed by atoms with Gasteiger partial charge in [-0.15, -0.1) is 0 Å². The van der Waals surface area contributed by atoms with Gasteiger partial charge >= 0.3 is 0 Å². The predicted molar refractivity (Wildman–Crippen MR) is 81.6 cm³/mol. The van der Waals surface area contributed by atoms with E-state index >= 15 is 0 Å². The molecule has 2 aromatic rings. The van der Waals surface area contributed by atoms with Gasteiger partial charge < -0.3 is 5.32 Å². The van der Waals surface area contributed by atoms with Gasteiger partial charge in [-0.2, -0.15) is 5.10 Å². The Balaban J connectivity index is 1.91. The first-order chi connectivity index (χ1) is 9.79. The second kappa shape index (κ2) is 7.80. The topological polar surface area (TPSA) is 42.7 Å². The van der Waals surface area contributed by atoms with Crippen LogP contribution in [0.25, 0.3) is 0 Å². The molecular weight excluding hydrogens is 248 g/mol. The summed E-state index contributed by atoms with van der Waals surface area (Å²) in [7, 11) is 2.00. The van der Waals surface area contributed by atoms with Crippen LogP contribution in [0.1, 0.15) is 31.0 Å². The van der Waals surface area contributed by atoms with Gasteiger partial charge in [0.15, 0.2) is 0 Å². The van der Waals surface area contributed by atoms with Crippen LogP contribution in [0.15, 0.2) is 36.8 Å². The van der Waals surface area contributed by atoms with Crippen LogP contribution in [-0.4, -0.2) is 27.4 Å². The molecule has 0 saturated carbocycles. The number of nitrogens with one attached hydrogen (secondary N) is 1. The molecule has 4 heteroatoms. The maximum Gasteiger partial charge on any atom is 0.0492 e. The minimum atomic E-state index is 0.494. The molecule has 0 amide bonds. The molecule has 0 radical (unpaired) electrons. The first kappa shape index (κ1) is 14.7. The van der Waals surface area contributed by atoms with Gasteiger partial charge in [0.2, 0.25) is 0 Å². The van der Waals surface area contributed by atoms with Gasteiger partial charge in [-0.3, -0.25) is 9.67 Å². The molecule has 1 N–H and O–H groups in total. The van der Waals surface area contributed by atoms with E-state index in [-0.39, 0.29) is 0 Å². The molecule has 2 rings (SSSR count). The average Bonchev–Trinajstić information content (AvgIpc) is 2.88. The highest BCUT2D eigenvalue weighted by Crippen LogP contribution is 2.09. The van der Waals surface area contributed by atoms with Gasteiger partial charge in [-0.25, -0.2) is 0 Å². The van der Waals surface area contributed by atoms with Crippen molar-refractivity contribution in [1.82, 2.24) is 20.1 Å². The third-order valence-electron chi connectivity index (χ3n) is 3.56. The van der Waals surface area contributed by atoms with Crippen molar-refractivity contribution in [2.75, 3.05) is 6.54 Å². The minimum absolute atomic E-state index is 0.494. The van der Waals surface area contributed by atoms with Crippen LogP contribution in [-0.2, 0) is 19.9 Å². The average molecular weight is 272 g/mol. The highest BCUT2D eigenvalue weighted by molar-refractivity contribution is 5.10. The summed E-state index contributed by atoms with van der Waals surface area (Å²) in [6, 6.07) is 6.75. The standard InChI is InChI=1S/C16H24N4/c1-3-9-18-15(12-14-5-4-10-17-13-14)6-7-16-8-11-19-20(16)2/h4-5,8,10-11,13,15,18H,3,6-7,9,12H2,1-2H3. The SMILES string of the molecule is CCCNC(CCc1ccnn1C)Cc1cccnc1. The summed E-state index contributed by atoms with van der Waals surface area (Å²) in [5.74, 6) is 0. The molecule has 108 valence electrons. The van der Waals surface area contributed by atoms with Crippen LogP contribution >= 0.6 is 0 Å². The lowest BCUT2D eigenvalue weighted by atomic mass is 10.0.